The predicted molar refractivity (Wildman–Crippen MR) is 90.5 cm³/mol. The predicted octanol–water partition coefficient (Wildman–Crippen LogP) is 2.38. The molecule has 1 aliphatic heterocycles. The molecule has 0 unspecified atom stereocenters. The number of fused-ring (bicyclic) bond motifs is 1. The molecule has 3 aliphatic rings. The minimum absolute atomic E-state index is 0.00309. The van der Waals surface area contributed by atoms with Crippen molar-refractivity contribution in [3.63, 3.8) is 0 Å². The molecule has 0 radical (unpaired) electrons. The Morgan fingerprint density at radius 1 is 1.42 bits per heavy atom. The third kappa shape index (κ3) is 2.01. The zero-order valence-corrected chi connectivity index (χ0v) is 15.1. The van der Waals surface area contributed by atoms with Gasteiger partial charge in [-0.25, -0.2) is 12.7 Å². The third-order valence-corrected chi connectivity index (χ3v) is 8.94. The van der Waals surface area contributed by atoms with Crippen molar-refractivity contribution in [2.75, 3.05) is 5.75 Å². The normalized spacial score (nSPS) is 35.2. The van der Waals surface area contributed by atoms with E-state index < -0.39 is 10.0 Å². The minimum atomic E-state index is -3.50. The van der Waals surface area contributed by atoms with Crippen molar-refractivity contribution in [2.45, 2.75) is 52.0 Å². The van der Waals surface area contributed by atoms with Crippen LogP contribution in [-0.2, 0) is 21.2 Å². The van der Waals surface area contributed by atoms with E-state index in [-0.39, 0.29) is 35.0 Å². The zero-order chi connectivity index (χ0) is 17.2. The number of carbonyl (C=O) groups excluding carboxylic acids is 1. The van der Waals surface area contributed by atoms with Crippen LogP contribution in [0, 0.1) is 16.7 Å². The van der Waals surface area contributed by atoms with Crippen molar-refractivity contribution in [3.05, 3.63) is 30.1 Å². The summed E-state index contributed by atoms with van der Waals surface area (Å²) in [6.45, 7) is 4.40. The summed E-state index contributed by atoms with van der Waals surface area (Å²) in [7, 11) is -3.50. The highest BCUT2D eigenvalue weighted by Gasteiger charge is 2.72. The van der Waals surface area contributed by atoms with Crippen molar-refractivity contribution in [2.24, 2.45) is 16.7 Å². The number of pyridine rings is 1. The largest absolute Gasteiger partial charge is 0.274 e. The summed E-state index contributed by atoms with van der Waals surface area (Å²) in [5.74, 6) is 0.433. The van der Waals surface area contributed by atoms with Gasteiger partial charge in [0.25, 0.3) is 0 Å². The fourth-order valence-electron chi connectivity index (χ4n) is 5.52. The van der Waals surface area contributed by atoms with E-state index >= 15 is 0 Å². The number of aryl methyl sites for hydroxylation is 1. The van der Waals surface area contributed by atoms with Crippen LogP contribution < -0.4 is 0 Å². The number of amides is 1. The summed E-state index contributed by atoms with van der Waals surface area (Å²) in [4.78, 5) is 16.8. The smallest absolute Gasteiger partial charge is 0.238 e. The highest BCUT2D eigenvalue weighted by atomic mass is 32.2. The molecule has 0 aromatic carbocycles. The van der Waals surface area contributed by atoms with E-state index in [4.69, 9.17) is 0 Å². The Morgan fingerprint density at radius 2 is 2.21 bits per heavy atom. The first-order valence-electron chi connectivity index (χ1n) is 8.72. The van der Waals surface area contributed by atoms with Gasteiger partial charge in [0.05, 0.1) is 11.8 Å². The Hall–Kier alpha value is -1.43. The van der Waals surface area contributed by atoms with E-state index in [1.54, 1.807) is 12.4 Å². The molecule has 4 rings (SSSR count). The van der Waals surface area contributed by atoms with Crippen molar-refractivity contribution in [3.8, 4) is 0 Å². The second-order valence-corrected chi connectivity index (χ2v) is 10.0. The fraction of sp³-hybridized carbons (Fsp3) is 0.667. The van der Waals surface area contributed by atoms with Gasteiger partial charge in [-0.1, -0.05) is 19.9 Å². The van der Waals surface area contributed by atoms with Gasteiger partial charge in [-0.15, -0.1) is 0 Å². The molecule has 1 spiro atoms. The first-order chi connectivity index (χ1) is 11.3. The zero-order valence-electron chi connectivity index (χ0n) is 14.2. The van der Waals surface area contributed by atoms with E-state index in [1.165, 1.54) is 4.31 Å². The van der Waals surface area contributed by atoms with Crippen LogP contribution in [0.1, 0.15) is 45.1 Å². The summed E-state index contributed by atoms with van der Waals surface area (Å²) in [5, 5.41) is 0. The molecule has 2 bridgehead atoms. The summed E-state index contributed by atoms with van der Waals surface area (Å²) < 4.78 is 26.9. The van der Waals surface area contributed by atoms with Gasteiger partial charge in [0.1, 0.15) is 0 Å². The summed E-state index contributed by atoms with van der Waals surface area (Å²) in [6, 6.07) is 3.62. The maximum atomic E-state index is 12.8. The molecule has 1 aromatic heterocycles. The number of rotatable bonds is 3. The molecule has 6 heteroatoms. The van der Waals surface area contributed by atoms with Gasteiger partial charge in [0, 0.05) is 24.2 Å². The molecule has 1 amide bonds. The van der Waals surface area contributed by atoms with Crippen LogP contribution in [0.15, 0.2) is 24.5 Å². The SMILES string of the molecule is CC1(C)[C@@H]2CC[C@@]13CS(=O)(=O)N(C(=O)CCc1cccnc1)[C@@H]3C2. The van der Waals surface area contributed by atoms with Gasteiger partial charge in [-0.2, -0.15) is 0 Å². The van der Waals surface area contributed by atoms with E-state index in [0.29, 0.717) is 12.3 Å². The van der Waals surface area contributed by atoms with Gasteiger partial charge in [0.15, 0.2) is 0 Å². The first-order valence-corrected chi connectivity index (χ1v) is 10.3. The minimum Gasteiger partial charge on any atom is -0.274 e. The summed E-state index contributed by atoms with van der Waals surface area (Å²) in [6.07, 6.45) is 7.04. The summed E-state index contributed by atoms with van der Waals surface area (Å²) in [5.41, 5.74) is 0.731. The number of nitrogens with zero attached hydrogens (tertiary/aromatic N) is 2. The second kappa shape index (κ2) is 5.04. The number of hydrogen-bond donors (Lipinski definition) is 0. The van der Waals surface area contributed by atoms with Crippen LogP contribution in [0.5, 0.6) is 0 Å². The molecule has 130 valence electrons. The van der Waals surface area contributed by atoms with E-state index in [9.17, 15) is 13.2 Å². The van der Waals surface area contributed by atoms with Crippen LogP contribution in [0.3, 0.4) is 0 Å². The molecule has 5 nitrogen and oxygen atoms in total. The first kappa shape index (κ1) is 16.1. The standard InChI is InChI=1S/C18H24N2O3S/c1-17(2)14-7-8-18(17)12-24(22,23)20(15(18)10-14)16(21)6-5-13-4-3-9-19-11-13/h3-4,9,11,14-15H,5-8,10,12H2,1-2H3/t14-,15-,18+/m1/s1. The lowest BCUT2D eigenvalue weighted by Crippen LogP contribution is -2.44. The highest BCUT2D eigenvalue weighted by Crippen LogP contribution is 2.69. The lowest BCUT2D eigenvalue weighted by molar-refractivity contribution is -0.129. The molecule has 3 atom stereocenters. The number of hydrogen-bond acceptors (Lipinski definition) is 4. The quantitative estimate of drug-likeness (QED) is 0.841. The topological polar surface area (TPSA) is 67.3 Å². The molecular weight excluding hydrogens is 324 g/mol. The Morgan fingerprint density at radius 3 is 2.88 bits per heavy atom. The maximum absolute atomic E-state index is 12.8. The van der Waals surface area contributed by atoms with Crippen LogP contribution in [-0.4, -0.2) is 35.4 Å². The lowest BCUT2D eigenvalue weighted by atomic mass is 9.69. The molecule has 1 aromatic rings. The molecule has 24 heavy (non-hydrogen) atoms. The van der Waals surface area contributed by atoms with Crippen molar-refractivity contribution >= 4 is 15.9 Å². The number of carbonyl (C=O) groups is 1. The van der Waals surface area contributed by atoms with Crippen molar-refractivity contribution in [1.82, 2.24) is 9.29 Å². The van der Waals surface area contributed by atoms with Gasteiger partial charge < -0.3 is 0 Å². The third-order valence-electron chi connectivity index (χ3n) is 7.01. The maximum Gasteiger partial charge on any atom is 0.238 e. The average molecular weight is 348 g/mol. The second-order valence-electron chi connectivity index (χ2n) is 8.17. The Balaban J connectivity index is 1.58. The monoisotopic (exact) mass is 348 g/mol. The molecule has 2 heterocycles. The molecular formula is C18H24N2O3S. The fourth-order valence-corrected chi connectivity index (χ4v) is 8.10. The van der Waals surface area contributed by atoms with Gasteiger partial charge in [0.2, 0.25) is 15.9 Å². The number of aromatic nitrogens is 1. The van der Waals surface area contributed by atoms with E-state index in [0.717, 1.165) is 24.8 Å². The Labute approximate surface area is 143 Å². The van der Waals surface area contributed by atoms with Gasteiger partial charge >= 0.3 is 0 Å². The van der Waals surface area contributed by atoms with Crippen LogP contribution in [0.25, 0.3) is 0 Å². The number of sulfonamides is 1. The summed E-state index contributed by atoms with van der Waals surface area (Å²) >= 11 is 0. The Kier molecular flexibility index (Phi) is 3.37. The van der Waals surface area contributed by atoms with Crippen LogP contribution in [0.4, 0.5) is 0 Å². The van der Waals surface area contributed by atoms with E-state index in [1.807, 2.05) is 12.1 Å². The van der Waals surface area contributed by atoms with E-state index in [2.05, 4.69) is 18.8 Å². The molecule has 1 saturated heterocycles. The lowest BCUT2D eigenvalue weighted by Gasteiger charge is -2.37. The molecule has 2 aliphatic carbocycles. The Bertz CT molecular complexity index is 775. The molecule has 3 fully saturated rings. The average Bonchev–Trinajstić information content (AvgIpc) is 3.01. The van der Waals surface area contributed by atoms with Crippen LogP contribution >= 0.6 is 0 Å². The highest BCUT2D eigenvalue weighted by molar-refractivity contribution is 7.90. The van der Waals surface area contributed by atoms with Crippen LogP contribution in [0.2, 0.25) is 0 Å². The van der Waals surface area contributed by atoms with Gasteiger partial charge in [-0.05, 0) is 48.6 Å². The van der Waals surface area contributed by atoms with Crippen molar-refractivity contribution < 1.29 is 13.2 Å². The molecule has 0 N–H and O–H groups in total. The van der Waals surface area contributed by atoms with Gasteiger partial charge in [-0.3, -0.25) is 9.78 Å². The van der Waals surface area contributed by atoms with Crippen molar-refractivity contribution in [1.29, 1.82) is 0 Å². The molecule has 2 saturated carbocycles.